The Bertz CT molecular complexity index is 869. The molecule has 1 aromatic heterocycles. The number of aromatic nitrogens is 1. The summed E-state index contributed by atoms with van der Waals surface area (Å²) in [5, 5.41) is 0. The molecule has 0 spiro atoms. The normalized spacial score (nSPS) is 16.1. The number of rotatable bonds is 3. The smallest absolute Gasteiger partial charge is 0.358 e. The molecule has 0 amide bonds. The molecule has 0 atom stereocenters. The lowest BCUT2D eigenvalue weighted by Gasteiger charge is -2.36. The lowest BCUT2D eigenvalue weighted by Crippen LogP contribution is -2.34. The average Bonchev–Trinajstić information content (AvgIpc) is 2.57. The summed E-state index contributed by atoms with van der Waals surface area (Å²) in [6.07, 6.45) is 3.95. The number of nitrogens with zero attached hydrogens (tertiary/aromatic N) is 2. The first-order valence-electron chi connectivity index (χ1n) is 8.56. The summed E-state index contributed by atoms with van der Waals surface area (Å²) in [6.45, 7) is 4.14. The summed E-state index contributed by atoms with van der Waals surface area (Å²) in [6, 6.07) is 2.02. The molecule has 0 fully saturated rings. The van der Waals surface area contributed by atoms with Crippen molar-refractivity contribution in [3.63, 3.8) is 0 Å². The van der Waals surface area contributed by atoms with Gasteiger partial charge in [-0.3, -0.25) is 4.79 Å². The Morgan fingerprint density at radius 1 is 1.33 bits per heavy atom. The van der Waals surface area contributed by atoms with Crippen LogP contribution in [0.25, 0.3) is 11.1 Å². The van der Waals surface area contributed by atoms with E-state index in [4.69, 9.17) is 9.15 Å². The molecule has 2 aromatic rings. The lowest BCUT2D eigenvalue weighted by molar-refractivity contribution is -0.142. The maximum atomic E-state index is 12.3. The topological polar surface area (TPSA) is 72.6 Å². The summed E-state index contributed by atoms with van der Waals surface area (Å²) in [5.41, 5.74) is 4.44. The summed E-state index contributed by atoms with van der Waals surface area (Å²) >= 11 is 0. The maximum Gasteiger partial charge on any atom is 0.358 e. The second-order valence-corrected chi connectivity index (χ2v) is 6.34. The van der Waals surface area contributed by atoms with E-state index in [2.05, 4.69) is 9.88 Å². The Morgan fingerprint density at radius 3 is 2.92 bits per heavy atom. The van der Waals surface area contributed by atoms with Crippen LogP contribution in [0, 0.1) is 0 Å². The number of ether oxygens (including phenoxy) is 1. The zero-order chi connectivity index (χ0) is 16.7. The number of hydrogen-bond acceptors (Lipinski definition) is 6. The molecule has 6 heteroatoms. The molecule has 2 aliphatic heterocycles. The highest BCUT2D eigenvalue weighted by molar-refractivity contribution is 5.86. The van der Waals surface area contributed by atoms with Gasteiger partial charge in [0.1, 0.15) is 11.2 Å². The fraction of sp³-hybridized carbons (Fsp3) is 0.500. The van der Waals surface area contributed by atoms with E-state index in [1.165, 1.54) is 11.3 Å². The van der Waals surface area contributed by atoms with Crippen LogP contribution in [-0.2, 0) is 28.8 Å². The molecular weight excluding hydrogens is 308 g/mol. The van der Waals surface area contributed by atoms with Crippen LogP contribution in [0.1, 0.15) is 36.6 Å². The third-order valence-electron chi connectivity index (χ3n) is 4.76. The van der Waals surface area contributed by atoms with E-state index in [1.807, 2.05) is 6.07 Å². The van der Waals surface area contributed by atoms with Gasteiger partial charge in [-0.1, -0.05) is 0 Å². The number of benzene rings is 1. The monoisotopic (exact) mass is 328 g/mol. The first kappa shape index (κ1) is 15.2. The van der Waals surface area contributed by atoms with Crippen LogP contribution in [0.2, 0.25) is 0 Å². The van der Waals surface area contributed by atoms with Crippen molar-refractivity contribution < 1.29 is 13.9 Å². The van der Waals surface area contributed by atoms with Gasteiger partial charge in [-0.15, -0.1) is 0 Å². The molecule has 0 radical (unpaired) electrons. The second kappa shape index (κ2) is 5.92. The van der Waals surface area contributed by atoms with E-state index in [9.17, 15) is 9.59 Å². The van der Waals surface area contributed by atoms with Gasteiger partial charge in [-0.05, 0) is 44.2 Å². The number of carbonyl (C=O) groups is 1. The van der Waals surface area contributed by atoms with Crippen molar-refractivity contribution in [1.82, 2.24) is 4.98 Å². The van der Waals surface area contributed by atoms with Crippen molar-refractivity contribution in [1.29, 1.82) is 0 Å². The molecule has 0 saturated heterocycles. The number of hydrogen-bond donors (Lipinski definition) is 0. The summed E-state index contributed by atoms with van der Waals surface area (Å²) in [4.78, 5) is 30.7. The minimum absolute atomic E-state index is 0.122. The molecule has 4 rings (SSSR count). The lowest BCUT2D eigenvalue weighted by atomic mass is 9.91. The third kappa shape index (κ3) is 2.46. The number of carbonyl (C=O) groups excluding carboxylic acids is 1. The van der Waals surface area contributed by atoms with Gasteiger partial charge >= 0.3 is 11.6 Å². The maximum absolute atomic E-state index is 12.3. The van der Waals surface area contributed by atoms with E-state index in [0.29, 0.717) is 11.1 Å². The van der Waals surface area contributed by atoms with E-state index in [0.717, 1.165) is 44.3 Å². The molecule has 2 aliphatic rings. The standard InChI is InChI=1S/C18H20N2O4/c1-2-23-15(21)10-14-18(22)24-17-12-6-4-8-20-7-3-5-11(16(12)20)9-13(17)19-14/h9H,2-8,10H2,1H3. The van der Waals surface area contributed by atoms with Gasteiger partial charge < -0.3 is 14.1 Å². The van der Waals surface area contributed by atoms with Crippen molar-refractivity contribution in [2.75, 3.05) is 24.6 Å². The van der Waals surface area contributed by atoms with Crippen LogP contribution >= 0.6 is 0 Å². The highest BCUT2D eigenvalue weighted by Gasteiger charge is 2.27. The molecule has 24 heavy (non-hydrogen) atoms. The van der Waals surface area contributed by atoms with Gasteiger partial charge in [-0.2, -0.15) is 0 Å². The van der Waals surface area contributed by atoms with Crippen molar-refractivity contribution >= 4 is 22.8 Å². The van der Waals surface area contributed by atoms with Crippen LogP contribution in [-0.4, -0.2) is 30.6 Å². The van der Waals surface area contributed by atoms with E-state index >= 15 is 0 Å². The number of anilines is 1. The van der Waals surface area contributed by atoms with Gasteiger partial charge in [0.25, 0.3) is 0 Å². The van der Waals surface area contributed by atoms with Gasteiger partial charge in [0, 0.05) is 24.3 Å². The van der Waals surface area contributed by atoms with Crippen molar-refractivity contribution in [3.05, 3.63) is 33.3 Å². The molecule has 126 valence electrons. The summed E-state index contributed by atoms with van der Waals surface area (Å²) in [5.74, 6) is -0.456. The van der Waals surface area contributed by atoms with Crippen LogP contribution in [0.5, 0.6) is 0 Å². The van der Waals surface area contributed by atoms with Crippen LogP contribution < -0.4 is 10.5 Å². The predicted octanol–water partition coefficient (Wildman–Crippen LogP) is 1.99. The third-order valence-corrected chi connectivity index (χ3v) is 4.76. The Balaban J connectivity index is 1.85. The molecule has 0 N–H and O–H groups in total. The molecule has 0 aliphatic carbocycles. The second-order valence-electron chi connectivity index (χ2n) is 6.34. The molecule has 0 unspecified atom stereocenters. The predicted molar refractivity (Wildman–Crippen MR) is 89.5 cm³/mol. The van der Waals surface area contributed by atoms with E-state index in [-0.39, 0.29) is 18.7 Å². The van der Waals surface area contributed by atoms with Gasteiger partial charge in [-0.25, -0.2) is 9.78 Å². The minimum atomic E-state index is -0.542. The molecule has 1 aromatic carbocycles. The van der Waals surface area contributed by atoms with Crippen molar-refractivity contribution in [2.45, 2.75) is 39.0 Å². The van der Waals surface area contributed by atoms with Crippen LogP contribution in [0.3, 0.4) is 0 Å². The molecule has 6 nitrogen and oxygen atoms in total. The zero-order valence-electron chi connectivity index (χ0n) is 13.8. The molecule has 0 bridgehead atoms. The van der Waals surface area contributed by atoms with Crippen molar-refractivity contribution in [3.8, 4) is 0 Å². The molecular formula is C18H20N2O4. The molecule has 0 saturated carbocycles. The zero-order valence-corrected chi connectivity index (χ0v) is 13.8. The van der Waals surface area contributed by atoms with Crippen LogP contribution in [0.15, 0.2) is 15.3 Å². The number of esters is 1. The Hall–Kier alpha value is -2.37. The fourth-order valence-corrected chi connectivity index (χ4v) is 3.81. The first-order valence-corrected chi connectivity index (χ1v) is 8.56. The molecule has 3 heterocycles. The van der Waals surface area contributed by atoms with Crippen molar-refractivity contribution in [2.24, 2.45) is 0 Å². The van der Waals surface area contributed by atoms with Gasteiger partial charge in [0.05, 0.1) is 13.0 Å². The highest BCUT2D eigenvalue weighted by atomic mass is 16.5. The minimum Gasteiger partial charge on any atom is -0.466 e. The average molecular weight is 328 g/mol. The van der Waals surface area contributed by atoms with Gasteiger partial charge in [0.15, 0.2) is 5.58 Å². The number of aryl methyl sites for hydroxylation is 2. The summed E-state index contributed by atoms with van der Waals surface area (Å²) < 4.78 is 10.5. The summed E-state index contributed by atoms with van der Waals surface area (Å²) in [7, 11) is 0. The Labute approximate surface area is 139 Å². The van der Waals surface area contributed by atoms with Crippen LogP contribution in [0.4, 0.5) is 5.69 Å². The van der Waals surface area contributed by atoms with E-state index < -0.39 is 11.6 Å². The van der Waals surface area contributed by atoms with Gasteiger partial charge in [0.2, 0.25) is 0 Å². The Morgan fingerprint density at radius 2 is 2.12 bits per heavy atom. The first-order chi connectivity index (χ1) is 11.7. The van der Waals surface area contributed by atoms with E-state index in [1.54, 1.807) is 6.92 Å². The highest BCUT2D eigenvalue weighted by Crippen LogP contribution is 2.39. The fourth-order valence-electron chi connectivity index (χ4n) is 3.81. The SMILES string of the molecule is CCOC(=O)Cc1nc2cc3c4c(c2oc1=O)CCCN4CCC3. The number of fused-ring (bicyclic) bond motifs is 2. The quantitative estimate of drug-likeness (QED) is 0.802. The largest absolute Gasteiger partial charge is 0.466 e. The Kier molecular flexibility index (Phi) is 3.75.